The zero-order valence-corrected chi connectivity index (χ0v) is 10.5. The maximum atomic E-state index is 13.6. The number of carbonyl (C=O) groups is 2. The summed E-state index contributed by atoms with van der Waals surface area (Å²) in [5.74, 6) is -2.17. The van der Waals surface area contributed by atoms with Gasteiger partial charge in [0.2, 0.25) is 5.91 Å². The molecule has 1 heterocycles. The van der Waals surface area contributed by atoms with Gasteiger partial charge in [-0.05, 0) is 44.5 Å². The van der Waals surface area contributed by atoms with Gasteiger partial charge in [-0.2, -0.15) is 0 Å². The van der Waals surface area contributed by atoms with E-state index in [0.29, 0.717) is 6.42 Å². The molecule has 0 radical (unpaired) electrons. The third-order valence-corrected chi connectivity index (χ3v) is 3.33. The first-order valence-corrected chi connectivity index (χ1v) is 6.02. The standard InChI is InChI=1S/C13H15FN2O3/c1-13(5-2-6-15-13)12(19)16-10-7-8(11(17)18)3-4-9(10)14/h3-4,7,15H,2,5-6H2,1H3,(H,16,19)(H,17,18). The van der Waals surface area contributed by atoms with Crippen LogP contribution in [0.15, 0.2) is 18.2 Å². The van der Waals surface area contributed by atoms with Crippen LogP contribution in [0.2, 0.25) is 0 Å². The number of hydrogen-bond donors (Lipinski definition) is 3. The lowest BCUT2D eigenvalue weighted by Crippen LogP contribution is -2.48. The summed E-state index contributed by atoms with van der Waals surface area (Å²) in [6.45, 7) is 2.48. The van der Waals surface area contributed by atoms with Crippen molar-refractivity contribution in [3.05, 3.63) is 29.6 Å². The van der Waals surface area contributed by atoms with Crippen molar-refractivity contribution in [3.8, 4) is 0 Å². The molecule has 1 saturated heterocycles. The van der Waals surface area contributed by atoms with Crippen LogP contribution in [0.4, 0.5) is 10.1 Å². The smallest absolute Gasteiger partial charge is 0.335 e. The summed E-state index contributed by atoms with van der Waals surface area (Å²) in [4.78, 5) is 22.9. The molecule has 2 rings (SSSR count). The minimum absolute atomic E-state index is 0.0683. The van der Waals surface area contributed by atoms with Crippen LogP contribution in [0.1, 0.15) is 30.1 Å². The Bertz CT molecular complexity index is 525. The Kier molecular flexibility index (Phi) is 3.53. The van der Waals surface area contributed by atoms with Gasteiger partial charge in [-0.15, -0.1) is 0 Å². The number of amides is 1. The summed E-state index contributed by atoms with van der Waals surface area (Å²) in [5.41, 5.74) is -0.910. The van der Waals surface area contributed by atoms with E-state index in [4.69, 9.17) is 5.11 Å². The monoisotopic (exact) mass is 266 g/mol. The SMILES string of the molecule is CC1(C(=O)Nc2cc(C(=O)O)ccc2F)CCCN1. The topological polar surface area (TPSA) is 78.4 Å². The second-order valence-electron chi connectivity index (χ2n) is 4.82. The molecule has 102 valence electrons. The maximum absolute atomic E-state index is 13.6. The molecule has 0 aromatic heterocycles. The number of aromatic carboxylic acids is 1. The Labute approximate surface area is 109 Å². The first-order valence-electron chi connectivity index (χ1n) is 6.02. The molecular weight excluding hydrogens is 251 g/mol. The molecule has 19 heavy (non-hydrogen) atoms. The number of nitrogens with one attached hydrogen (secondary N) is 2. The van der Waals surface area contributed by atoms with Crippen molar-refractivity contribution < 1.29 is 19.1 Å². The van der Waals surface area contributed by atoms with Crippen molar-refractivity contribution in [2.75, 3.05) is 11.9 Å². The normalized spacial score (nSPS) is 22.2. The van der Waals surface area contributed by atoms with E-state index in [1.165, 1.54) is 0 Å². The first-order chi connectivity index (χ1) is 8.92. The van der Waals surface area contributed by atoms with Crippen LogP contribution in [-0.2, 0) is 4.79 Å². The minimum Gasteiger partial charge on any atom is -0.478 e. The lowest BCUT2D eigenvalue weighted by Gasteiger charge is -2.23. The van der Waals surface area contributed by atoms with Gasteiger partial charge < -0.3 is 15.7 Å². The van der Waals surface area contributed by atoms with E-state index in [-0.39, 0.29) is 17.2 Å². The molecule has 1 atom stereocenters. The van der Waals surface area contributed by atoms with E-state index in [1.807, 2.05) is 0 Å². The number of carboxylic acid groups (broad SMARTS) is 1. The fraction of sp³-hybridized carbons (Fsp3) is 0.385. The van der Waals surface area contributed by atoms with Crippen LogP contribution in [0, 0.1) is 5.82 Å². The van der Waals surface area contributed by atoms with Crippen molar-refractivity contribution in [1.29, 1.82) is 0 Å². The quantitative estimate of drug-likeness (QED) is 0.776. The molecule has 0 aliphatic carbocycles. The van der Waals surface area contributed by atoms with E-state index in [0.717, 1.165) is 31.2 Å². The Morgan fingerprint density at radius 3 is 2.79 bits per heavy atom. The predicted octanol–water partition coefficient (Wildman–Crippen LogP) is 1.60. The van der Waals surface area contributed by atoms with Gasteiger partial charge in [-0.1, -0.05) is 0 Å². The van der Waals surface area contributed by atoms with Gasteiger partial charge in [-0.25, -0.2) is 9.18 Å². The van der Waals surface area contributed by atoms with Crippen LogP contribution in [0.5, 0.6) is 0 Å². The molecule has 1 aromatic carbocycles. The lowest BCUT2D eigenvalue weighted by atomic mass is 9.99. The number of rotatable bonds is 3. The third-order valence-electron chi connectivity index (χ3n) is 3.33. The van der Waals surface area contributed by atoms with Crippen LogP contribution in [0.3, 0.4) is 0 Å². The van der Waals surface area contributed by atoms with Crippen LogP contribution < -0.4 is 10.6 Å². The van der Waals surface area contributed by atoms with Crippen LogP contribution in [-0.4, -0.2) is 29.1 Å². The van der Waals surface area contributed by atoms with Gasteiger partial charge in [0.15, 0.2) is 0 Å². The second kappa shape index (κ2) is 4.97. The van der Waals surface area contributed by atoms with Crippen molar-refractivity contribution in [2.24, 2.45) is 0 Å². The van der Waals surface area contributed by atoms with Gasteiger partial charge in [0.05, 0.1) is 16.8 Å². The number of carboxylic acids is 1. The molecule has 1 aromatic rings. The highest BCUT2D eigenvalue weighted by atomic mass is 19.1. The van der Waals surface area contributed by atoms with E-state index >= 15 is 0 Å². The number of hydrogen-bond acceptors (Lipinski definition) is 3. The van der Waals surface area contributed by atoms with Crippen LogP contribution >= 0.6 is 0 Å². The average Bonchev–Trinajstić information content (AvgIpc) is 2.80. The number of carbonyl (C=O) groups excluding carboxylic acids is 1. The number of benzene rings is 1. The Hall–Kier alpha value is -1.95. The Morgan fingerprint density at radius 2 is 2.21 bits per heavy atom. The molecular formula is C13H15FN2O3. The van der Waals surface area contributed by atoms with Gasteiger partial charge in [-0.3, -0.25) is 4.79 Å². The summed E-state index contributed by atoms with van der Waals surface area (Å²) in [5, 5.41) is 14.4. The molecule has 1 aliphatic rings. The summed E-state index contributed by atoms with van der Waals surface area (Å²) < 4.78 is 13.6. The number of anilines is 1. The maximum Gasteiger partial charge on any atom is 0.335 e. The van der Waals surface area contributed by atoms with E-state index in [2.05, 4.69) is 10.6 Å². The zero-order chi connectivity index (χ0) is 14.0. The Balaban J connectivity index is 2.20. The predicted molar refractivity (Wildman–Crippen MR) is 67.6 cm³/mol. The fourth-order valence-electron chi connectivity index (χ4n) is 2.10. The molecule has 3 N–H and O–H groups in total. The Morgan fingerprint density at radius 1 is 1.47 bits per heavy atom. The molecule has 1 aliphatic heterocycles. The minimum atomic E-state index is -1.17. The zero-order valence-electron chi connectivity index (χ0n) is 10.5. The average molecular weight is 266 g/mol. The molecule has 0 saturated carbocycles. The summed E-state index contributed by atoms with van der Waals surface area (Å²) >= 11 is 0. The van der Waals surface area contributed by atoms with E-state index in [9.17, 15) is 14.0 Å². The lowest BCUT2D eigenvalue weighted by molar-refractivity contribution is -0.121. The molecule has 6 heteroatoms. The van der Waals surface area contributed by atoms with Gasteiger partial charge in [0, 0.05) is 0 Å². The van der Waals surface area contributed by atoms with Gasteiger partial charge in [0.1, 0.15) is 5.82 Å². The third kappa shape index (κ3) is 2.73. The summed E-state index contributed by atoms with van der Waals surface area (Å²) in [6.07, 6.45) is 1.54. The van der Waals surface area contributed by atoms with Gasteiger partial charge >= 0.3 is 5.97 Å². The molecule has 0 spiro atoms. The van der Waals surface area contributed by atoms with Crippen molar-refractivity contribution in [1.82, 2.24) is 5.32 Å². The van der Waals surface area contributed by atoms with E-state index in [1.54, 1.807) is 6.92 Å². The molecule has 1 unspecified atom stereocenters. The summed E-state index contributed by atoms with van der Waals surface area (Å²) in [6, 6.07) is 3.31. The number of halogens is 1. The van der Waals surface area contributed by atoms with Gasteiger partial charge in [0.25, 0.3) is 0 Å². The first kappa shape index (κ1) is 13.5. The highest BCUT2D eigenvalue weighted by Gasteiger charge is 2.36. The largest absolute Gasteiger partial charge is 0.478 e. The highest BCUT2D eigenvalue weighted by Crippen LogP contribution is 2.22. The molecule has 1 amide bonds. The van der Waals surface area contributed by atoms with E-state index < -0.39 is 17.3 Å². The van der Waals surface area contributed by atoms with Crippen molar-refractivity contribution in [3.63, 3.8) is 0 Å². The second-order valence-corrected chi connectivity index (χ2v) is 4.82. The summed E-state index contributed by atoms with van der Waals surface area (Å²) in [7, 11) is 0. The fourth-order valence-corrected chi connectivity index (χ4v) is 2.10. The molecule has 1 fully saturated rings. The highest BCUT2D eigenvalue weighted by molar-refractivity contribution is 5.99. The molecule has 0 bridgehead atoms. The van der Waals surface area contributed by atoms with Crippen LogP contribution in [0.25, 0.3) is 0 Å². The van der Waals surface area contributed by atoms with Crippen molar-refractivity contribution >= 4 is 17.6 Å². The molecule has 5 nitrogen and oxygen atoms in total. The van der Waals surface area contributed by atoms with Crippen molar-refractivity contribution in [2.45, 2.75) is 25.3 Å².